The molecular formula is C24H20FN5O5. The highest BCUT2D eigenvalue weighted by atomic mass is 19.1. The molecule has 11 heteroatoms. The lowest BCUT2D eigenvalue weighted by Gasteiger charge is -2.16. The van der Waals surface area contributed by atoms with E-state index in [2.05, 4.69) is 10.4 Å². The van der Waals surface area contributed by atoms with Crippen molar-refractivity contribution in [1.29, 1.82) is 0 Å². The van der Waals surface area contributed by atoms with Crippen LogP contribution in [0.25, 0.3) is 5.69 Å². The van der Waals surface area contributed by atoms with Crippen molar-refractivity contribution in [3.05, 3.63) is 100 Å². The van der Waals surface area contributed by atoms with Crippen LogP contribution in [0.5, 0.6) is 5.75 Å². The molecule has 0 aliphatic heterocycles. The first-order valence-corrected chi connectivity index (χ1v) is 10.4. The maximum absolute atomic E-state index is 14.4. The third kappa shape index (κ3) is 4.78. The Morgan fingerprint density at radius 1 is 1.00 bits per heavy atom. The second-order valence-electron chi connectivity index (χ2n) is 7.33. The van der Waals surface area contributed by atoms with Crippen molar-refractivity contribution in [2.24, 2.45) is 0 Å². The Hall–Kier alpha value is -4.80. The van der Waals surface area contributed by atoms with Gasteiger partial charge in [0.05, 0.1) is 12.7 Å². The van der Waals surface area contributed by atoms with E-state index < -0.39 is 23.5 Å². The number of rotatable bonds is 6. The van der Waals surface area contributed by atoms with Gasteiger partial charge in [0.2, 0.25) is 0 Å². The quantitative estimate of drug-likeness (QED) is 0.310. The van der Waals surface area contributed by atoms with E-state index in [4.69, 9.17) is 9.47 Å². The molecule has 0 saturated carbocycles. The molecule has 0 radical (unpaired) electrons. The predicted octanol–water partition coefficient (Wildman–Crippen LogP) is 3.04. The molecule has 0 saturated heterocycles. The van der Waals surface area contributed by atoms with Crippen molar-refractivity contribution in [1.82, 2.24) is 19.8 Å². The van der Waals surface area contributed by atoms with Crippen LogP contribution in [0.15, 0.2) is 77.6 Å². The molecule has 0 N–H and O–H groups in total. The number of halogens is 1. The number of carbonyl (C=O) groups excluding carboxylic acids is 2. The molecule has 0 unspecified atom stereocenters. The van der Waals surface area contributed by atoms with Gasteiger partial charge in [0.25, 0.3) is 0 Å². The Labute approximate surface area is 198 Å². The third-order valence-electron chi connectivity index (χ3n) is 5.11. The normalized spacial score (nSPS) is 10.6. The van der Waals surface area contributed by atoms with E-state index in [-0.39, 0.29) is 23.6 Å². The average molecular weight is 477 g/mol. The number of esters is 1. The van der Waals surface area contributed by atoms with Gasteiger partial charge in [-0.2, -0.15) is 4.68 Å². The zero-order chi connectivity index (χ0) is 24.9. The number of anilines is 1. The van der Waals surface area contributed by atoms with Crippen LogP contribution >= 0.6 is 0 Å². The van der Waals surface area contributed by atoms with Gasteiger partial charge in [-0.25, -0.2) is 18.8 Å². The van der Waals surface area contributed by atoms with Crippen LogP contribution in [-0.2, 0) is 11.3 Å². The number of aromatic nitrogens is 4. The van der Waals surface area contributed by atoms with Gasteiger partial charge >= 0.3 is 17.7 Å². The molecule has 3 aromatic carbocycles. The minimum absolute atomic E-state index is 0.0432. The number of benzene rings is 3. The fourth-order valence-electron chi connectivity index (χ4n) is 3.27. The van der Waals surface area contributed by atoms with E-state index in [1.165, 1.54) is 32.4 Å². The monoisotopic (exact) mass is 477 g/mol. The van der Waals surface area contributed by atoms with Gasteiger partial charge in [-0.1, -0.05) is 42.5 Å². The van der Waals surface area contributed by atoms with Gasteiger partial charge in [0.15, 0.2) is 5.82 Å². The molecule has 10 nitrogen and oxygen atoms in total. The first kappa shape index (κ1) is 23.4. The number of para-hydroxylation sites is 1. The summed E-state index contributed by atoms with van der Waals surface area (Å²) in [6, 6.07) is 18.4. The van der Waals surface area contributed by atoms with Gasteiger partial charge in [0.1, 0.15) is 18.0 Å². The van der Waals surface area contributed by atoms with Crippen molar-refractivity contribution < 1.29 is 23.5 Å². The van der Waals surface area contributed by atoms with Crippen molar-refractivity contribution >= 4 is 17.7 Å². The molecule has 0 fully saturated rings. The van der Waals surface area contributed by atoms with Gasteiger partial charge in [-0.05, 0) is 46.3 Å². The summed E-state index contributed by atoms with van der Waals surface area (Å²) in [5.41, 5.74) is 0.0750. The first-order valence-electron chi connectivity index (χ1n) is 10.4. The van der Waals surface area contributed by atoms with Crippen molar-refractivity contribution in [3.8, 4) is 11.4 Å². The van der Waals surface area contributed by atoms with Gasteiger partial charge < -0.3 is 9.47 Å². The SMILES string of the molecule is COc1cccc(F)c1-n1nnn(C(=O)N(C)c2cccc(C(=O)OCc3ccccc3)c2)c1=O. The zero-order valence-electron chi connectivity index (χ0n) is 18.8. The molecule has 0 aliphatic carbocycles. The largest absolute Gasteiger partial charge is 0.494 e. The van der Waals surface area contributed by atoms with E-state index in [0.717, 1.165) is 16.5 Å². The van der Waals surface area contributed by atoms with E-state index in [9.17, 15) is 18.8 Å². The molecule has 1 heterocycles. The van der Waals surface area contributed by atoms with Crippen LogP contribution in [0.2, 0.25) is 0 Å². The molecule has 0 aliphatic rings. The van der Waals surface area contributed by atoms with Gasteiger partial charge in [0, 0.05) is 12.7 Å². The second-order valence-corrected chi connectivity index (χ2v) is 7.33. The maximum Gasteiger partial charge on any atom is 0.377 e. The van der Waals surface area contributed by atoms with Crippen molar-refractivity contribution in [3.63, 3.8) is 0 Å². The fourth-order valence-corrected chi connectivity index (χ4v) is 3.27. The summed E-state index contributed by atoms with van der Waals surface area (Å²) in [5, 5.41) is 7.21. The summed E-state index contributed by atoms with van der Waals surface area (Å²) < 4.78 is 25.9. The molecule has 1 amide bonds. The van der Waals surface area contributed by atoms with Crippen LogP contribution in [-0.4, -0.2) is 45.9 Å². The number of methoxy groups -OCH3 is 1. The molecular weight excluding hydrogens is 457 g/mol. The molecule has 0 spiro atoms. The molecule has 4 rings (SSSR count). The lowest BCUT2D eigenvalue weighted by molar-refractivity contribution is 0.0472. The predicted molar refractivity (Wildman–Crippen MR) is 123 cm³/mol. The zero-order valence-corrected chi connectivity index (χ0v) is 18.8. The lowest BCUT2D eigenvalue weighted by Crippen LogP contribution is -2.39. The number of ether oxygens (including phenoxy) is 2. The Bertz CT molecular complexity index is 1430. The molecule has 4 aromatic rings. The van der Waals surface area contributed by atoms with E-state index in [1.54, 1.807) is 18.2 Å². The molecule has 178 valence electrons. The molecule has 0 bridgehead atoms. The Kier molecular flexibility index (Phi) is 6.67. The van der Waals surface area contributed by atoms with Crippen molar-refractivity contribution in [2.45, 2.75) is 6.61 Å². The summed E-state index contributed by atoms with van der Waals surface area (Å²) in [7, 11) is 2.70. The molecule has 0 atom stereocenters. The third-order valence-corrected chi connectivity index (χ3v) is 5.11. The topological polar surface area (TPSA) is 109 Å². The standard InChI is InChI=1S/C24H20FN5O5/c1-28(18-11-6-10-17(14-18)22(31)35-15-16-8-4-3-5-9-16)23(32)30-24(33)29(26-27-30)21-19(25)12-7-13-20(21)34-2/h3-14H,15H2,1-2H3. The fraction of sp³-hybridized carbons (Fsp3) is 0.125. The van der Waals surface area contributed by atoms with Crippen molar-refractivity contribution in [2.75, 3.05) is 19.1 Å². The number of carbonyl (C=O) groups is 2. The van der Waals surface area contributed by atoms with Gasteiger partial charge in [-0.3, -0.25) is 4.90 Å². The van der Waals surface area contributed by atoms with E-state index in [0.29, 0.717) is 15.1 Å². The number of tetrazole rings is 1. The average Bonchev–Trinajstić information content (AvgIpc) is 3.27. The van der Waals surface area contributed by atoms with Crippen LogP contribution in [0.3, 0.4) is 0 Å². The second kappa shape index (κ2) is 10.00. The van der Waals surface area contributed by atoms with E-state index in [1.807, 2.05) is 30.3 Å². The smallest absolute Gasteiger partial charge is 0.377 e. The summed E-state index contributed by atoms with van der Waals surface area (Å²) in [4.78, 5) is 39.4. The highest BCUT2D eigenvalue weighted by Crippen LogP contribution is 2.23. The van der Waals surface area contributed by atoms with Crippen LogP contribution < -0.4 is 15.3 Å². The highest BCUT2D eigenvalue weighted by Gasteiger charge is 2.24. The number of amides is 1. The Morgan fingerprint density at radius 3 is 2.49 bits per heavy atom. The molecule has 35 heavy (non-hydrogen) atoms. The van der Waals surface area contributed by atoms with Crippen LogP contribution in [0.4, 0.5) is 14.9 Å². The summed E-state index contributed by atoms with van der Waals surface area (Å²) in [5.74, 6) is -1.31. The van der Waals surface area contributed by atoms with Gasteiger partial charge in [-0.15, -0.1) is 4.68 Å². The first-order chi connectivity index (χ1) is 16.9. The minimum Gasteiger partial charge on any atom is -0.494 e. The number of hydrogen-bond donors (Lipinski definition) is 0. The number of nitrogens with zero attached hydrogens (tertiary/aromatic N) is 5. The maximum atomic E-state index is 14.4. The van der Waals surface area contributed by atoms with Crippen LogP contribution in [0.1, 0.15) is 15.9 Å². The van der Waals surface area contributed by atoms with Crippen LogP contribution in [0, 0.1) is 5.82 Å². The van der Waals surface area contributed by atoms with E-state index >= 15 is 0 Å². The minimum atomic E-state index is -0.997. The highest BCUT2D eigenvalue weighted by molar-refractivity contribution is 5.95. The number of hydrogen-bond acceptors (Lipinski definition) is 7. The molecule has 1 aromatic heterocycles. The lowest BCUT2D eigenvalue weighted by atomic mass is 10.2. The summed E-state index contributed by atoms with van der Waals surface area (Å²) in [6.45, 7) is 0.0939. The Balaban J connectivity index is 1.55. The summed E-state index contributed by atoms with van der Waals surface area (Å²) in [6.07, 6.45) is 0. The Morgan fingerprint density at radius 2 is 1.74 bits per heavy atom. The summed E-state index contributed by atoms with van der Waals surface area (Å²) >= 11 is 0.